The molecule has 1 aliphatic rings. The minimum Gasteiger partial charge on any atom is -0.333 e. The number of halogens is 1. The smallest absolute Gasteiger partial charge is 0.317 e. The van der Waals surface area contributed by atoms with Crippen LogP contribution in [0.15, 0.2) is 16.3 Å². The lowest BCUT2D eigenvalue weighted by atomic mass is 9.97. The van der Waals surface area contributed by atoms with E-state index >= 15 is 0 Å². The number of thiophene rings is 1. The number of hydrogen-bond donors (Lipinski definition) is 2. The van der Waals surface area contributed by atoms with Crippen LogP contribution in [-0.4, -0.2) is 44.5 Å². The molecule has 1 aliphatic heterocycles. The van der Waals surface area contributed by atoms with E-state index in [-0.39, 0.29) is 21.7 Å². The summed E-state index contributed by atoms with van der Waals surface area (Å²) in [7, 11) is -3.50. The summed E-state index contributed by atoms with van der Waals surface area (Å²) >= 11 is 6.83. The summed E-state index contributed by atoms with van der Waals surface area (Å²) in [5, 5.41) is 2.95. The van der Waals surface area contributed by atoms with Gasteiger partial charge >= 0.3 is 6.03 Å². The summed E-state index contributed by atoms with van der Waals surface area (Å²) < 4.78 is 27.7. The van der Waals surface area contributed by atoms with Crippen LogP contribution >= 0.6 is 22.9 Å². The predicted octanol–water partition coefficient (Wildman–Crippen LogP) is 2.90. The Balaban J connectivity index is 1.80. The number of sulfonamides is 1. The zero-order valence-corrected chi connectivity index (χ0v) is 16.5. The van der Waals surface area contributed by atoms with E-state index in [4.69, 9.17) is 11.6 Å². The molecular formula is C15H24ClN3O3S2. The summed E-state index contributed by atoms with van der Waals surface area (Å²) in [6, 6.07) is 3.02. The average Bonchev–Trinajstić information content (AvgIpc) is 2.91. The van der Waals surface area contributed by atoms with Gasteiger partial charge in [-0.25, -0.2) is 17.9 Å². The van der Waals surface area contributed by atoms with Crippen LogP contribution in [0.25, 0.3) is 0 Å². The van der Waals surface area contributed by atoms with Crippen molar-refractivity contribution in [2.75, 3.05) is 19.6 Å². The molecule has 9 heteroatoms. The molecule has 1 aromatic heterocycles. The molecule has 0 bridgehead atoms. The van der Waals surface area contributed by atoms with Crippen LogP contribution in [0.3, 0.4) is 0 Å². The van der Waals surface area contributed by atoms with Crippen molar-refractivity contribution in [3.05, 3.63) is 16.5 Å². The Kier molecular flexibility index (Phi) is 6.17. The summed E-state index contributed by atoms with van der Waals surface area (Å²) in [6.45, 7) is 7.50. The zero-order valence-electron chi connectivity index (χ0n) is 14.1. The molecule has 2 heterocycles. The first kappa shape index (κ1) is 19.5. The summed E-state index contributed by atoms with van der Waals surface area (Å²) in [5.74, 6) is 0.230. The van der Waals surface area contributed by atoms with Gasteiger partial charge in [-0.05, 0) is 51.7 Å². The summed E-state index contributed by atoms with van der Waals surface area (Å²) in [4.78, 5) is 13.9. The largest absolute Gasteiger partial charge is 0.333 e. The van der Waals surface area contributed by atoms with Gasteiger partial charge in [0.2, 0.25) is 10.0 Å². The fourth-order valence-electron chi connectivity index (χ4n) is 2.48. The van der Waals surface area contributed by atoms with Crippen molar-refractivity contribution >= 4 is 39.0 Å². The Morgan fingerprint density at radius 2 is 1.96 bits per heavy atom. The van der Waals surface area contributed by atoms with Crippen molar-refractivity contribution in [3.8, 4) is 0 Å². The molecule has 6 nitrogen and oxygen atoms in total. The molecule has 2 N–H and O–H groups in total. The number of carbonyl (C=O) groups excluding carboxylic acids is 1. The van der Waals surface area contributed by atoms with Crippen LogP contribution in [0, 0.1) is 5.92 Å². The highest BCUT2D eigenvalue weighted by atomic mass is 35.5. The van der Waals surface area contributed by atoms with Gasteiger partial charge in [-0.15, -0.1) is 11.3 Å². The number of amides is 2. The Morgan fingerprint density at radius 1 is 1.33 bits per heavy atom. The number of likely N-dealkylation sites (tertiary alicyclic amines) is 1. The molecule has 0 aromatic carbocycles. The van der Waals surface area contributed by atoms with Crippen LogP contribution < -0.4 is 10.0 Å². The highest BCUT2D eigenvalue weighted by Gasteiger charge is 2.26. The van der Waals surface area contributed by atoms with Crippen molar-refractivity contribution in [2.24, 2.45) is 5.92 Å². The van der Waals surface area contributed by atoms with E-state index in [9.17, 15) is 13.2 Å². The summed E-state index contributed by atoms with van der Waals surface area (Å²) in [5.41, 5.74) is -0.258. The first-order chi connectivity index (χ1) is 11.1. The van der Waals surface area contributed by atoms with E-state index in [2.05, 4.69) is 10.0 Å². The second-order valence-electron chi connectivity index (χ2n) is 7.02. The monoisotopic (exact) mass is 393 g/mol. The van der Waals surface area contributed by atoms with Crippen molar-refractivity contribution < 1.29 is 13.2 Å². The molecule has 1 saturated heterocycles. The molecule has 24 heavy (non-hydrogen) atoms. The molecule has 0 spiro atoms. The van der Waals surface area contributed by atoms with Gasteiger partial charge < -0.3 is 10.2 Å². The number of nitrogens with zero attached hydrogens (tertiary/aromatic N) is 1. The van der Waals surface area contributed by atoms with Gasteiger partial charge in [0.25, 0.3) is 0 Å². The highest BCUT2D eigenvalue weighted by molar-refractivity contribution is 7.91. The maximum atomic E-state index is 12.2. The molecule has 1 aromatic rings. The minimum absolute atomic E-state index is 0.0604. The molecule has 0 unspecified atom stereocenters. The van der Waals surface area contributed by atoms with Crippen molar-refractivity contribution in [1.82, 2.24) is 14.9 Å². The first-order valence-corrected chi connectivity index (χ1v) is 10.6. The van der Waals surface area contributed by atoms with Gasteiger partial charge in [-0.2, -0.15) is 0 Å². The standard InChI is InChI=1S/C15H24ClN3O3S2/c1-15(2,3)18-14(20)19-8-6-11(7-9-19)10-17-24(21,22)13-5-4-12(16)23-13/h4-5,11,17H,6-10H2,1-3H3,(H,18,20). The normalized spacial score (nSPS) is 17.1. The van der Waals surface area contributed by atoms with Crippen LogP contribution in [0.2, 0.25) is 4.34 Å². The zero-order chi connectivity index (χ0) is 18.0. The number of nitrogens with one attached hydrogen (secondary N) is 2. The fourth-order valence-corrected chi connectivity index (χ4v) is 5.12. The molecular weight excluding hydrogens is 370 g/mol. The van der Waals surface area contributed by atoms with Crippen molar-refractivity contribution in [2.45, 2.75) is 43.4 Å². The second kappa shape index (κ2) is 7.59. The number of hydrogen-bond acceptors (Lipinski definition) is 4. The molecule has 2 rings (SSSR count). The second-order valence-corrected chi connectivity index (χ2v) is 10.7. The lowest BCUT2D eigenvalue weighted by molar-refractivity contribution is 0.163. The van der Waals surface area contributed by atoms with E-state index < -0.39 is 10.0 Å². The molecule has 136 valence electrons. The van der Waals surface area contributed by atoms with E-state index in [1.807, 2.05) is 20.8 Å². The minimum atomic E-state index is -3.50. The van der Waals surface area contributed by atoms with E-state index in [0.717, 1.165) is 24.2 Å². The molecule has 0 atom stereocenters. The van der Waals surface area contributed by atoms with Crippen LogP contribution in [-0.2, 0) is 10.0 Å². The third-order valence-corrected chi connectivity index (χ3v) is 6.91. The number of rotatable bonds is 4. The Bertz CT molecular complexity index is 674. The molecule has 0 aliphatic carbocycles. The van der Waals surface area contributed by atoms with Crippen LogP contribution in [0.4, 0.5) is 4.79 Å². The van der Waals surface area contributed by atoms with E-state index in [1.165, 1.54) is 6.07 Å². The lowest BCUT2D eigenvalue weighted by Gasteiger charge is -2.34. The topological polar surface area (TPSA) is 78.5 Å². The van der Waals surface area contributed by atoms with Gasteiger partial charge in [0.15, 0.2) is 0 Å². The van der Waals surface area contributed by atoms with E-state index in [1.54, 1.807) is 11.0 Å². The Hall–Kier alpha value is -0.830. The van der Waals surface area contributed by atoms with Gasteiger partial charge in [0.05, 0.1) is 4.34 Å². The Morgan fingerprint density at radius 3 is 2.46 bits per heavy atom. The molecule has 2 amide bonds. The molecule has 0 saturated carbocycles. The third-order valence-electron chi connectivity index (χ3n) is 3.76. The molecule has 0 radical (unpaired) electrons. The van der Waals surface area contributed by atoms with Crippen LogP contribution in [0.5, 0.6) is 0 Å². The maximum absolute atomic E-state index is 12.2. The van der Waals surface area contributed by atoms with E-state index in [0.29, 0.717) is 24.0 Å². The summed E-state index contributed by atoms with van der Waals surface area (Å²) in [6.07, 6.45) is 1.57. The van der Waals surface area contributed by atoms with Gasteiger partial charge in [-0.1, -0.05) is 11.6 Å². The highest BCUT2D eigenvalue weighted by Crippen LogP contribution is 2.26. The van der Waals surface area contributed by atoms with Gasteiger partial charge in [-0.3, -0.25) is 0 Å². The third kappa shape index (κ3) is 5.61. The lowest BCUT2D eigenvalue weighted by Crippen LogP contribution is -2.51. The number of piperidine rings is 1. The van der Waals surface area contributed by atoms with Crippen molar-refractivity contribution in [3.63, 3.8) is 0 Å². The van der Waals surface area contributed by atoms with Crippen molar-refractivity contribution in [1.29, 1.82) is 0 Å². The Labute approximate surface area is 152 Å². The average molecular weight is 394 g/mol. The fraction of sp³-hybridized carbons (Fsp3) is 0.667. The quantitative estimate of drug-likeness (QED) is 0.825. The molecule has 1 fully saturated rings. The number of urea groups is 1. The maximum Gasteiger partial charge on any atom is 0.317 e. The SMILES string of the molecule is CC(C)(C)NC(=O)N1CCC(CNS(=O)(=O)c2ccc(Cl)s2)CC1. The number of carbonyl (C=O) groups is 1. The van der Waals surface area contributed by atoms with Gasteiger partial charge in [0, 0.05) is 25.2 Å². The first-order valence-electron chi connectivity index (χ1n) is 7.89. The predicted molar refractivity (Wildman–Crippen MR) is 97.1 cm³/mol. The van der Waals surface area contributed by atoms with Gasteiger partial charge in [0.1, 0.15) is 4.21 Å². The van der Waals surface area contributed by atoms with Crippen LogP contribution in [0.1, 0.15) is 33.6 Å².